The molecule has 0 bridgehead atoms. The molecule has 1 aliphatic rings. The van der Waals surface area contributed by atoms with E-state index in [4.69, 9.17) is 0 Å². The van der Waals surface area contributed by atoms with Crippen molar-refractivity contribution < 1.29 is 4.79 Å². The predicted molar refractivity (Wildman–Crippen MR) is 105 cm³/mol. The second-order valence-electron chi connectivity index (χ2n) is 6.18. The number of halogens is 2. The molecular weight excluding hydrogens is 347 g/mol. The van der Waals surface area contributed by atoms with Crippen molar-refractivity contribution in [3.63, 3.8) is 0 Å². The lowest BCUT2D eigenvalue weighted by atomic mass is 10.1. The molecule has 138 valence electrons. The van der Waals surface area contributed by atoms with Gasteiger partial charge >= 0.3 is 0 Å². The maximum atomic E-state index is 12.0. The van der Waals surface area contributed by atoms with Crippen LogP contribution in [0.1, 0.15) is 22.8 Å². The van der Waals surface area contributed by atoms with Crippen LogP contribution in [0.3, 0.4) is 0 Å². The summed E-state index contributed by atoms with van der Waals surface area (Å²) in [5.74, 6) is -0.00625. The summed E-state index contributed by atoms with van der Waals surface area (Å²) in [6, 6.07) is 8.25. The second-order valence-corrected chi connectivity index (χ2v) is 6.18. The number of carbonyl (C=O) groups is 1. The summed E-state index contributed by atoms with van der Waals surface area (Å²) in [4.78, 5) is 16.9. The zero-order valence-electron chi connectivity index (χ0n) is 14.7. The van der Waals surface area contributed by atoms with Gasteiger partial charge in [0.15, 0.2) is 0 Å². The van der Waals surface area contributed by atoms with E-state index >= 15 is 0 Å². The summed E-state index contributed by atoms with van der Waals surface area (Å²) in [6.45, 7) is 8.12. The number of benzene rings is 1. The lowest BCUT2D eigenvalue weighted by Crippen LogP contribution is -2.43. The Labute approximate surface area is 158 Å². The van der Waals surface area contributed by atoms with Gasteiger partial charge < -0.3 is 15.5 Å². The molecule has 0 spiro atoms. The first-order valence-corrected chi connectivity index (χ1v) is 8.04. The number of amides is 1. The fourth-order valence-corrected chi connectivity index (χ4v) is 2.48. The number of piperazine rings is 1. The lowest BCUT2D eigenvalue weighted by Gasteiger charge is -2.32. The quantitative estimate of drug-likeness (QED) is 0.791. The van der Waals surface area contributed by atoms with E-state index < -0.39 is 0 Å². The van der Waals surface area contributed by atoms with Crippen LogP contribution in [0.2, 0.25) is 0 Å². The Balaban J connectivity index is 0.00000264. The molecule has 0 aliphatic carbocycles. The Morgan fingerprint density at radius 1 is 1.12 bits per heavy atom. The normalized spacial score (nSPS) is 16.6. The van der Waals surface area contributed by atoms with Crippen LogP contribution in [-0.4, -0.2) is 68.6 Å². The third-order valence-corrected chi connectivity index (χ3v) is 4.28. The van der Waals surface area contributed by atoms with Gasteiger partial charge in [-0.1, -0.05) is 12.1 Å². The molecule has 0 saturated carbocycles. The molecule has 1 heterocycles. The number of likely N-dealkylation sites (N-methyl/N-ethyl adjacent to an activating group) is 2. The number of nitrogens with zero attached hydrogens (tertiary/aromatic N) is 2. The minimum absolute atomic E-state index is 0. The van der Waals surface area contributed by atoms with Crippen molar-refractivity contribution in [3.8, 4) is 0 Å². The monoisotopic (exact) mass is 376 g/mol. The first kappa shape index (κ1) is 23.1. The summed E-state index contributed by atoms with van der Waals surface area (Å²) < 4.78 is 0. The third-order valence-electron chi connectivity index (χ3n) is 4.28. The number of hydrogen-bond donors (Lipinski definition) is 2. The highest BCUT2D eigenvalue weighted by Gasteiger charge is 2.14. The van der Waals surface area contributed by atoms with E-state index in [2.05, 4.69) is 39.6 Å². The highest BCUT2D eigenvalue weighted by molar-refractivity contribution is 5.94. The number of rotatable bonds is 6. The van der Waals surface area contributed by atoms with Gasteiger partial charge in [-0.25, -0.2) is 0 Å². The van der Waals surface area contributed by atoms with Gasteiger partial charge in [0, 0.05) is 50.9 Å². The maximum Gasteiger partial charge on any atom is 0.251 e. The van der Waals surface area contributed by atoms with Gasteiger partial charge in [-0.2, -0.15) is 0 Å². The molecular formula is C17H30Cl2N4O. The van der Waals surface area contributed by atoms with Gasteiger partial charge in [-0.05, 0) is 38.7 Å². The van der Waals surface area contributed by atoms with E-state index in [9.17, 15) is 4.79 Å². The van der Waals surface area contributed by atoms with Crippen LogP contribution in [0.5, 0.6) is 0 Å². The molecule has 5 nitrogen and oxygen atoms in total. The third kappa shape index (κ3) is 7.36. The van der Waals surface area contributed by atoms with E-state index in [1.165, 1.54) is 5.56 Å². The SMILES string of the molecule is CNC(C)CNC(=O)c1ccc(CN2CCN(C)CC2)cc1.Cl.Cl. The minimum Gasteiger partial charge on any atom is -0.350 e. The van der Waals surface area contributed by atoms with Crippen molar-refractivity contribution in [2.45, 2.75) is 19.5 Å². The zero-order chi connectivity index (χ0) is 15.9. The molecule has 1 aromatic carbocycles. The molecule has 1 saturated heterocycles. The Morgan fingerprint density at radius 2 is 1.71 bits per heavy atom. The molecule has 2 N–H and O–H groups in total. The molecule has 1 atom stereocenters. The van der Waals surface area contributed by atoms with E-state index in [-0.39, 0.29) is 36.8 Å². The Bertz CT molecular complexity index is 476. The van der Waals surface area contributed by atoms with Crippen LogP contribution in [0.4, 0.5) is 0 Å². The standard InChI is InChI=1S/C17H28N4O.2ClH/c1-14(18-2)12-19-17(22)16-6-4-15(5-7-16)13-21-10-8-20(3)9-11-21;;/h4-7,14,18H,8-13H2,1-3H3,(H,19,22);2*1H. The van der Waals surface area contributed by atoms with E-state index in [0.717, 1.165) is 38.3 Å². The molecule has 1 fully saturated rings. The summed E-state index contributed by atoms with van der Waals surface area (Å²) in [6.07, 6.45) is 0. The summed E-state index contributed by atoms with van der Waals surface area (Å²) >= 11 is 0. The van der Waals surface area contributed by atoms with Crippen LogP contribution in [0, 0.1) is 0 Å². The lowest BCUT2D eigenvalue weighted by molar-refractivity contribution is 0.0950. The van der Waals surface area contributed by atoms with Crippen LogP contribution in [0.15, 0.2) is 24.3 Å². The smallest absolute Gasteiger partial charge is 0.251 e. The Morgan fingerprint density at radius 3 is 2.25 bits per heavy atom. The number of hydrogen-bond acceptors (Lipinski definition) is 4. The highest BCUT2D eigenvalue weighted by atomic mass is 35.5. The summed E-state index contributed by atoms with van der Waals surface area (Å²) in [7, 11) is 4.06. The first-order chi connectivity index (χ1) is 10.6. The van der Waals surface area contributed by atoms with E-state index in [1.54, 1.807) is 0 Å². The molecule has 7 heteroatoms. The fraction of sp³-hybridized carbons (Fsp3) is 0.588. The van der Waals surface area contributed by atoms with Crippen molar-refractivity contribution in [1.82, 2.24) is 20.4 Å². The van der Waals surface area contributed by atoms with Gasteiger partial charge in [0.05, 0.1) is 0 Å². The maximum absolute atomic E-state index is 12.0. The average Bonchev–Trinajstić information content (AvgIpc) is 2.55. The van der Waals surface area contributed by atoms with Crippen LogP contribution in [0.25, 0.3) is 0 Å². The molecule has 0 aromatic heterocycles. The van der Waals surface area contributed by atoms with Gasteiger partial charge in [-0.3, -0.25) is 9.69 Å². The predicted octanol–water partition coefficient (Wildman–Crippen LogP) is 1.62. The average molecular weight is 377 g/mol. The first-order valence-electron chi connectivity index (χ1n) is 8.04. The van der Waals surface area contributed by atoms with Gasteiger partial charge in [-0.15, -0.1) is 24.8 Å². The molecule has 0 radical (unpaired) electrons. The molecule has 1 amide bonds. The Hall–Kier alpha value is -0.850. The van der Waals surface area contributed by atoms with Crippen molar-refractivity contribution in [1.29, 1.82) is 0 Å². The number of carbonyl (C=O) groups excluding carboxylic acids is 1. The van der Waals surface area contributed by atoms with Crippen molar-refractivity contribution in [2.75, 3.05) is 46.8 Å². The van der Waals surface area contributed by atoms with Crippen LogP contribution >= 0.6 is 24.8 Å². The van der Waals surface area contributed by atoms with Crippen molar-refractivity contribution in [3.05, 3.63) is 35.4 Å². The molecule has 2 rings (SSSR count). The highest BCUT2D eigenvalue weighted by Crippen LogP contribution is 2.09. The second kappa shape index (κ2) is 11.7. The fourth-order valence-electron chi connectivity index (χ4n) is 2.48. The minimum atomic E-state index is -0.00625. The van der Waals surface area contributed by atoms with Crippen molar-refractivity contribution >= 4 is 30.7 Å². The Kier molecular flexibility index (Phi) is 11.2. The van der Waals surface area contributed by atoms with Gasteiger partial charge in [0.25, 0.3) is 5.91 Å². The van der Waals surface area contributed by atoms with Gasteiger partial charge in [0.2, 0.25) is 0 Å². The van der Waals surface area contributed by atoms with E-state index in [1.807, 2.05) is 26.1 Å². The number of nitrogens with one attached hydrogen (secondary N) is 2. The summed E-state index contributed by atoms with van der Waals surface area (Å²) in [5, 5.41) is 6.04. The van der Waals surface area contributed by atoms with Gasteiger partial charge in [0.1, 0.15) is 0 Å². The molecule has 24 heavy (non-hydrogen) atoms. The molecule has 1 aromatic rings. The summed E-state index contributed by atoms with van der Waals surface area (Å²) in [5.41, 5.74) is 2.00. The van der Waals surface area contributed by atoms with Crippen LogP contribution < -0.4 is 10.6 Å². The molecule has 1 aliphatic heterocycles. The molecule has 1 unspecified atom stereocenters. The van der Waals surface area contributed by atoms with Crippen molar-refractivity contribution in [2.24, 2.45) is 0 Å². The zero-order valence-corrected chi connectivity index (χ0v) is 16.4. The topological polar surface area (TPSA) is 47.6 Å². The largest absolute Gasteiger partial charge is 0.350 e. The van der Waals surface area contributed by atoms with Crippen LogP contribution in [-0.2, 0) is 6.54 Å². The van der Waals surface area contributed by atoms with E-state index in [0.29, 0.717) is 6.54 Å².